The maximum atomic E-state index is 13.3. The number of anilines is 1. The van der Waals surface area contributed by atoms with Crippen LogP contribution in [0.1, 0.15) is 57.0 Å². The number of aromatic nitrogens is 3. The highest BCUT2D eigenvalue weighted by atomic mass is 19.4. The Balaban J connectivity index is 1.38. The predicted molar refractivity (Wildman–Crippen MR) is 115 cm³/mol. The molecule has 9 heteroatoms. The number of imidazole rings is 1. The van der Waals surface area contributed by atoms with Crippen molar-refractivity contribution in [2.45, 2.75) is 63.8 Å². The van der Waals surface area contributed by atoms with Gasteiger partial charge in [0.25, 0.3) is 0 Å². The molecule has 0 amide bonds. The zero-order valence-corrected chi connectivity index (χ0v) is 18.6. The SMILES string of the molecule is CC(C)c1nc(-c2cnc(N)c(C(F)(F)F)c2)cn1C1[C@H]2CC(N3CCOC[C@@H]3C)C[C@@H]12. The minimum absolute atomic E-state index is 0.170. The summed E-state index contributed by atoms with van der Waals surface area (Å²) in [6, 6.07) is 2.49. The molecule has 3 heterocycles. The maximum absolute atomic E-state index is 13.3. The van der Waals surface area contributed by atoms with Crippen LogP contribution in [0.4, 0.5) is 19.0 Å². The van der Waals surface area contributed by atoms with E-state index < -0.39 is 17.6 Å². The Hall–Kier alpha value is -2.13. The summed E-state index contributed by atoms with van der Waals surface area (Å²) in [4.78, 5) is 11.1. The lowest BCUT2D eigenvalue weighted by atomic mass is 10.1. The fraction of sp³-hybridized carbons (Fsp3) is 0.652. The number of pyridine rings is 1. The first kappa shape index (κ1) is 21.7. The minimum atomic E-state index is -4.55. The van der Waals surface area contributed by atoms with E-state index in [0.29, 0.717) is 41.2 Å². The van der Waals surface area contributed by atoms with Crippen molar-refractivity contribution >= 4 is 5.82 Å². The van der Waals surface area contributed by atoms with Crippen LogP contribution >= 0.6 is 0 Å². The first-order valence-corrected chi connectivity index (χ1v) is 11.4. The first-order chi connectivity index (χ1) is 15.1. The van der Waals surface area contributed by atoms with Gasteiger partial charge in [0.05, 0.1) is 24.5 Å². The molecule has 2 aliphatic carbocycles. The molecule has 6 nitrogen and oxygen atoms in total. The molecule has 3 fully saturated rings. The number of hydrogen-bond donors (Lipinski definition) is 1. The highest BCUT2D eigenvalue weighted by molar-refractivity contribution is 5.62. The third-order valence-electron chi connectivity index (χ3n) is 7.38. The number of nitrogen functional groups attached to an aromatic ring is 1. The van der Waals surface area contributed by atoms with Crippen molar-refractivity contribution in [1.82, 2.24) is 19.4 Å². The van der Waals surface area contributed by atoms with Crippen LogP contribution in [0, 0.1) is 11.8 Å². The van der Waals surface area contributed by atoms with E-state index in [2.05, 4.69) is 35.2 Å². The quantitative estimate of drug-likeness (QED) is 0.752. The Kier molecular flexibility index (Phi) is 5.24. The van der Waals surface area contributed by atoms with Crippen molar-refractivity contribution in [3.63, 3.8) is 0 Å². The second-order valence-corrected chi connectivity index (χ2v) is 9.81. The van der Waals surface area contributed by atoms with E-state index >= 15 is 0 Å². The van der Waals surface area contributed by atoms with Crippen LogP contribution in [0.15, 0.2) is 18.5 Å². The Bertz CT molecular complexity index is 992. The summed E-state index contributed by atoms with van der Waals surface area (Å²) >= 11 is 0. The molecule has 0 spiro atoms. The van der Waals surface area contributed by atoms with Gasteiger partial charge >= 0.3 is 6.18 Å². The Morgan fingerprint density at radius 3 is 2.56 bits per heavy atom. The van der Waals surface area contributed by atoms with Gasteiger partial charge in [0.1, 0.15) is 11.6 Å². The van der Waals surface area contributed by atoms with Gasteiger partial charge in [-0.15, -0.1) is 0 Å². The largest absolute Gasteiger partial charge is 0.419 e. The normalized spacial score (nSPS) is 30.7. The molecule has 0 bridgehead atoms. The van der Waals surface area contributed by atoms with E-state index in [-0.39, 0.29) is 5.92 Å². The van der Waals surface area contributed by atoms with E-state index in [0.717, 1.165) is 44.5 Å². The molecule has 3 aliphatic rings. The van der Waals surface area contributed by atoms with Crippen LogP contribution < -0.4 is 5.73 Å². The smallest absolute Gasteiger partial charge is 0.383 e. The van der Waals surface area contributed by atoms with E-state index in [4.69, 9.17) is 15.5 Å². The Morgan fingerprint density at radius 1 is 1.22 bits per heavy atom. The number of nitrogens with two attached hydrogens (primary N) is 1. The number of morpholine rings is 1. The molecular weight excluding hydrogens is 419 g/mol. The third-order valence-corrected chi connectivity index (χ3v) is 7.38. The number of rotatable bonds is 4. The van der Waals surface area contributed by atoms with Gasteiger partial charge in [-0.3, -0.25) is 4.90 Å². The molecule has 5 atom stereocenters. The summed E-state index contributed by atoms with van der Waals surface area (Å²) in [5.74, 6) is 1.78. The first-order valence-electron chi connectivity index (χ1n) is 11.4. The lowest BCUT2D eigenvalue weighted by Crippen LogP contribution is -2.49. The lowest BCUT2D eigenvalue weighted by Gasteiger charge is -2.38. The third kappa shape index (κ3) is 3.69. The molecule has 1 saturated heterocycles. The minimum Gasteiger partial charge on any atom is -0.383 e. The molecule has 32 heavy (non-hydrogen) atoms. The molecule has 1 aliphatic heterocycles. The summed E-state index contributed by atoms with van der Waals surface area (Å²) in [6.07, 6.45) is 1.07. The predicted octanol–water partition coefficient (Wildman–Crippen LogP) is 4.34. The van der Waals surface area contributed by atoms with Crippen molar-refractivity contribution in [2.75, 3.05) is 25.5 Å². The zero-order valence-electron chi connectivity index (χ0n) is 18.6. The van der Waals surface area contributed by atoms with E-state index in [1.165, 1.54) is 6.20 Å². The molecule has 174 valence electrons. The van der Waals surface area contributed by atoms with E-state index in [1.807, 2.05) is 6.20 Å². The second-order valence-electron chi connectivity index (χ2n) is 9.81. The molecule has 0 aromatic carbocycles. The van der Waals surface area contributed by atoms with Crippen LogP contribution in [0.5, 0.6) is 0 Å². The van der Waals surface area contributed by atoms with Crippen molar-refractivity contribution in [3.05, 3.63) is 29.8 Å². The van der Waals surface area contributed by atoms with Gasteiger partial charge < -0.3 is 15.0 Å². The molecular formula is C23H30F3N5O. The van der Waals surface area contributed by atoms with Gasteiger partial charge in [0, 0.05) is 48.5 Å². The van der Waals surface area contributed by atoms with Gasteiger partial charge in [0.15, 0.2) is 0 Å². The van der Waals surface area contributed by atoms with Crippen molar-refractivity contribution in [1.29, 1.82) is 0 Å². The number of hydrogen-bond acceptors (Lipinski definition) is 5. The summed E-state index contributed by atoms with van der Waals surface area (Å²) < 4.78 is 47.7. The van der Waals surface area contributed by atoms with Gasteiger partial charge in [-0.1, -0.05) is 13.8 Å². The molecule has 2 aromatic heterocycles. The number of halogens is 3. The van der Waals surface area contributed by atoms with Crippen LogP contribution in [0.2, 0.25) is 0 Å². The summed E-state index contributed by atoms with van der Waals surface area (Å²) in [6.45, 7) is 8.97. The summed E-state index contributed by atoms with van der Waals surface area (Å²) in [5, 5.41) is 0. The number of nitrogens with zero attached hydrogens (tertiary/aromatic N) is 4. The summed E-state index contributed by atoms with van der Waals surface area (Å²) in [5.41, 5.74) is 5.43. The van der Waals surface area contributed by atoms with Crippen LogP contribution in [-0.2, 0) is 10.9 Å². The Labute approximate surface area is 186 Å². The number of ether oxygens (including phenoxy) is 1. The monoisotopic (exact) mass is 449 g/mol. The van der Waals surface area contributed by atoms with Crippen LogP contribution in [0.3, 0.4) is 0 Å². The second kappa shape index (κ2) is 7.73. The van der Waals surface area contributed by atoms with Gasteiger partial charge in [-0.2, -0.15) is 13.2 Å². The maximum Gasteiger partial charge on any atom is 0.419 e. The number of alkyl halides is 3. The average Bonchev–Trinajstić information content (AvgIpc) is 3.07. The summed E-state index contributed by atoms with van der Waals surface area (Å²) in [7, 11) is 0. The molecule has 2 unspecified atom stereocenters. The molecule has 2 N–H and O–H groups in total. The van der Waals surface area contributed by atoms with E-state index in [1.54, 1.807) is 0 Å². The lowest BCUT2D eigenvalue weighted by molar-refractivity contribution is -0.137. The van der Waals surface area contributed by atoms with Crippen LogP contribution in [-0.4, -0.2) is 51.3 Å². The standard InChI is InChI=1S/C23H30F3N5O/c1-12(2)22-29-19(14-6-18(23(24,25)26)21(27)28-9-14)10-31(22)20-16-7-15(8-17(16)20)30-4-5-32-11-13(30)3/h6,9-10,12-13,15-17,20H,4-5,7-8,11H2,1-3H3,(H2,27,28)/t13-,15?,16-,17+,20?/m0/s1. The molecule has 5 rings (SSSR count). The average molecular weight is 450 g/mol. The topological polar surface area (TPSA) is 69.2 Å². The van der Waals surface area contributed by atoms with Crippen molar-refractivity contribution < 1.29 is 17.9 Å². The zero-order chi connectivity index (χ0) is 22.8. The molecule has 0 radical (unpaired) electrons. The fourth-order valence-corrected chi connectivity index (χ4v) is 5.80. The van der Waals surface area contributed by atoms with Gasteiger partial charge in [-0.25, -0.2) is 9.97 Å². The Morgan fingerprint density at radius 2 is 1.94 bits per heavy atom. The highest BCUT2D eigenvalue weighted by Gasteiger charge is 2.58. The fourth-order valence-electron chi connectivity index (χ4n) is 5.80. The molecule has 2 aromatic rings. The van der Waals surface area contributed by atoms with Crippen molar-refractivity contribution in [2.24, 2.45) is 11.8 Å². The van der Waals surface area contributed by atoms with Crippen LogP contribution in [0.25, 0.3) is 11.3 Å². The van der Waals surface area contributed by atoms with Gasteiger partial charge in [0.2, 0.25) is 0 Å². The number of fused-ring (bicyclic) bond motifs is 1. The van der Waals surface area contributed by atoms with Gasteiger partial charge in [-0.05, 0) is 37.7 Å². The highest BCUT2D eigenvalue weighted by Crippen LogP contribution is 2.62. The van der Waals surface area contributed by atoms with E-state index in [9.17, 15) is 13.2 Å². The van der Waals surface area contributed by atoms with Crippen molar-refractivity contribution in [3.8, 4) is 11.3 Å². The molecule has 2 saturated carbocycles.